The van der Waals surface area contributed by atoms with E-state index in [1.165, 1.54) is 11.9 Å². The number of ether oxygens (including phenoxy) is 1. The maximum absolute atomic E-state index is 14.5. The van der Waals surface area contributed by atoms with E-state index >= 15 is 0 Å². The predicted molar refractivity (Wildman–Crippen MR) is 127 cm³/mol. The van der Waals surface area contributed by atoms with Crippen LogP contribution in [0.2, 0.25) is 0 Å². The van der Waals surface area contributed by atoms with Gasteiger partial charge in [0.15, 0.2) is 5.82 Å². The molecule has 4 rings (SSSR count). The van der Waals surface area contributed by atoms with Crippen molar-refractivity contribution in [2.24, 2.45) is 0 Å². The lowest BCUT2D eigenvalue weighted by Crippen LogP contribution is -2.36. The second kappa shape index (κ2) is 9.70. The molecule has 0 unspecified atom stereocenters. The van der Waals surface area contributed by atoms with Gasteiger partial charge in [0.25, 0.3) is 0 Å². The molecule has 8 nitrogen and oxygen atoms in total. The van der Waals surface area contributed by atoms with Crippen molar-refractivity contribution in [3.05, 3.63) is 54.4 Å². The summed E-state index contributed by atoms with van der Waals surface area (Å²) in [5.41, 5.74) is 0.874. The third-order valence-corrected chi connectivity index (χ3v) is 6.19. The molecule has 1 aliphatic carbocycles. The summed E-state index contributed by atoms with van der Waals surface area (Å²) >= 11 is 1.52. The topological polar surface area (TPSA) is 102 Å². The number of carbonyl (C=O) groups excluding carboxylic acids is 1. The summed E-state index contributed by atoms with van der Waals surface area (Å²) in [6.07, 6.45) is 6.58. The predicted octanol–water partition coefficient (Wildman–Crippen LogP) is 4.61. The van der Waals surface area contributed by atoms with Gasteiger partial charge < -0.3 is 10.1 Å². The molecule has 0 aliphatic heterocycles. The van der Waals surface area contributed by atoms with Gasteiger partial charge in [0.2, 0.25) is 17.7 Å². The fraction of sp³-hybridized carbons (Fsp3) is 0.348. The summed E-state index contributed by atoms with van der Waals surface area (Å²) in [5, 5.41) is 3.38. The molecule has 0 bridgehead atoms. The highest BCUT2D eigenvalue weighted by Crippen LogP contribution is 2.34. The van der Waals surface area contributed by atoms with Crippen molar-refractivity contribution < 1.29 is 13.9 Å². The van der Waals surface area contributed by atoms with Gasteiger partial charge in [0.1, 0.15) is 0 Å². The van der Waals surface area contributed by atoms with E-state index in [1.807, 2.05) is 19.1 Å². The van der Waals surface area contributed by atoms with E-state index in [4.69, 9.17) is 4.74 Å². The lowest BCUT2D eigenvalue weighted by Gasteiger charge is -2.24. The number of anilines is 2. The van der Waals surface area contributed by atoms with Crippen LogP contribution >= 0.6 is 11.9 Å². The molecule has 2 aromatic heterocycles. The van der Waals surface area contributed by atoms with Gasteiger partial charge in [-0.25, -0.2) is 19.3 Å². The third-order valence-electron chi connectivity index (χ3n) is 5.09. The molecule has 1 amide bonds. The molecule has 2 heterocycles. The van der Waals surface area contributed by atoms with Crippen LogP contribution in [0.25, 0.3) is 11.3 Å². The first kappa shape index (κ1) is 22.9. The summed E-state index contributed by atoms with van der Waals surface area (Å²) in [6.45, 7) is 5.65. The molecule has 0 saturated heterocycles. The molecular weight excluding hydrogens is 443 g/mol. The van der Waals surface area contributed by atoms with Crippen LogP contribution in [0.15, 0.2) is 42.9 Å². The van der Waals surface area contributed by atoms with E-state index in [0.717, 1.165) is 24.6 Å². The highest BCUT2D eigenvalue weighted by atomic mass is 32.2. The van der Waals surface area contributed by atoms with Crippen LogP contribution in [-0.4, -0.2) is 37.7 Å². The Balaban J connectivity index is 1.47. The van der Waals surface area contributed by atoms with E-state index < -0.39 is 11.2 Å². The monoisotopic (exact) mass is 468 g/mol. The van der Waals surface area contributed by atoms with E-state index in [-0.39, 0.29) is 11.6 Å². The van der Waals surface area contributed by atoms with E-state index in [0.29, 0.717) is 35.1 Å². The summed E-state index contributed by atoms with van der Waals surface area (Å²) in [4.78, 5) is 29.9. The van der Waals surface area contributed by atoms with Crippen molar-refractivity contribution in [1.82, 2.24) is 19.9 Å². The fourth-order valence-electron chi connectivity index (χ4n) is 3.00. The Morgan fingerprint density at radius 2 is 1.94 bits per heavy atom. The van der Waals surface area contributed by atoms with Crippen LogP contribution < -0.4 is 14.8 Å². The highest BCUT2D eigenvalue weighted by molar-refractivity contribution is 8.01. The SMILES string of the molecule is CCOc1cncc(-c2ccc(NC(=O)C(C)(C)c3nc(NSC4CC4)ncc3F)cc2)n1. The molecule has 1 fully saturated rings. The molecular formula is C23H25FN6O2S. The molecule has 0 radical (unpaired) electrons. The van der Waals surface area contributed by atoms with Crippen LogP contribution in [0.4, 0.5) is 16.0 Å². The fourth-order valence-corrected chi connectivity index (χ4v) is 3.74. The minimum Gasteiger partial charge on any atom is -0.477 e. The summed E-state index contributed by atoms with van der Waals surface area (Å²) in [7, 11) is 0. The maximum atomic E-state index is 14.5. The zero-order valence-corrected chi connectivity index (χ0v) is 19.4. The number of hydrogen-bond donors (Lipinski definition) is 2. The van der Waals surface area contributed by atoms with Gasteiger partial charge in [-0.15, -0.1) is 0 Å². The number of amides is 1. The van der Waals surface area contributed by atoms with E-state index in [2.05, 4.69) is 30.0 Å². The van der Waals surface area contributed by atoms with Gasteiger partial charge in [-0.1, -0.05) is 12.1 Å². The molecule has 0 spiro atoms. The van der Waals surface area contributed by atoms with Crippen LogP contribution in [-0.2, 0) is 10.2 Å². The Bertz CT molecular complexity index is 1140. The van der Waals surface area contributed by atoms with Crippen molar-refractivity contribution >= 4 is 29.5 Å². The number of rotatable bonds is 9. The van der Waals surface area contributed by atoms with Crippen molar-refractivity contribution in [2.75, 3.05) is 16.6 Å². The smallest absolute Gasteiger partial charge is 0.236 e. The number of aromatic nitrogens is 4. The Hall–Kier alpha value is -3.27. The standard InChI is InChI=1S/C23H25FN6O2S/c1-4-32-19-13-25-12-18(28-19)14-5-7-15(8-6-14)27-21(31)23(2,3)20-17(24)11-26-22(29-20)30-33-16-9-10-16/h5-8,11-13,16H,4,9-10H2,1-3H3,(H,27,31)(H,26,29,30). The Morgan fingerprint density at radius 1 is 1.18 bits per heavy atom. The van der Waals surface area contributed by atoms with Crippen LogP contribution in [0.1, 0.15) is 39.3 Å². The van der Waals surface area contributed by atoms with Crippen molar-refractivity contribution in [3.8, 4) is 17.1 Å². The highest BCUT2D eigenvalue weighted by Gasteiger charge is 2.35. The van der Waals surface area contributed by atoms with E-state index in [1.54, 1.807) is 38.4 Å². The van der Waals surface area contributed by atoms with Gasteiger partial charge in [-0.05, 0) is 57.7 Å². The van der Waals surface area contributed by atoms with Crippen LogP contribution in [0.5, 0.6) is 5.88 Å². The number of nitrogens with one attached hydrogen (secondary N) is 2. The first-order valence-corrected chi connectivity index (χ1v) is 11.6. The van der Waals surface area contributed by atoms with Crippen molar-refractivity contribution in [3.63, 3.8) is 0 Å². The van der Waals surface area contributed by atoms with Gasteiger partial charge in [0, 0.05) is 16.5 Å². The van der Waals surface area contributed by atoms with Gasteiger partial charge in [0.05, 0.1) is 42.0 Å². The molecule has 1 saturated carbocycles. The summed E-state index contributed by atoms with van der Waals surface area (Å²) in [6, 6.07) is 7.16. The van der Waals surface area contributed by atoms with Gasteiger partial charge in [-0.3, -0.25) is 14.5 Å². The van der Waals surface area contributed by atoms with Crippen molar-refractivity contribution in [1.29, 1.82) is 0 Å². The third kappa shape index (κ3) is 5.57. The summed E-state index contributed by atoms with van der Waals surface area (Å²) < 4.78 is 23.0. The largest absolute Gasteiger partial charge is 0.477 e. The van der Waals surface area contributed by atoms with Gasteiger partial charge >= 0.3 is 0 Å². The quantitative estimate of drug-likeness (QED) is 0.439. The molecule has 172 valence electrons. The second-order valence-electron chi connectivity index (χ2n) is 8.14. The number of benzene rings is 1. The van der Waals surface area contributed by atoms with Crippen LogP contribution in [0.3, 0.4) is 0 Å². The average Bonchev–Trinajstić information content (AvgIpc) is 3.64. The Labute approximate surface area is 196 Å². The average molecular weight is 469 g/mol. The summed E-state index contributed by atoms with van der Waals surface area (Å²) in [5.74, 6) is -0.263. The maximum Gasteiger partial charge on any atom is 0.236 e. The van der Waals surface area contributed by atoms with E-state index in [9.17, 15) is 9.18 Å². The lowest BCUT2D eigenvalue weighted by molar-refractivity contribution is -0.120. The first-order chi connectivity index (χ1) is 15.9. The lowest BCUT2D eigenvalue weighted by atomic mass is 9.87. The number of carbonyl (C=O) groups is 1. The van der Waals surface area contributed by atoms with Crippen LogP contribution in [0, 0.1) is 5.82 Å². The first-order valence-electron chi connectivity index (χ1n) is 10.7. The second-order valence-corrected chi connectivity index (χ2v) is 9.25. The van der Waals surface area contributed by atoms with Crippen molar-refractivity contribution in [2.45, 2.75) is 44.3 Å². The molecule has 1 aromatic carbocycles. The zero-order valence-electron chi connectivity index (χ0n) is 18.6. The molecule has 3 aromatic rings. The normalized spacial score (nSPS) is 13.5. The Kier molecular flexibility index (Phi) is 6.73. The molecule has 0 atom stereocenters. The molecule has 1 aliphatic rings. The molecule has 10 heteroatoms. The number of hydrogen-bond acceptors (Lipinski definition) is 8. The minimum absolute atomic E-state index is 0.0357. The Morgan fingerprint density at radius 3 is 2.64 bits per heavy atom. The molecule has 2 N–H and O–H groups in total. The zero-order chi connectivity index (χ0) is 23.4. The number of nitrogens with zero attached hydrogens (tertiary/aromatic N) is 4. The van der Waals surface area contributed by atoms with Gasteiger partial charge in [-0.2, -0.15) is 0 Å². The molecule has 33 heavy (non-hydrogen) atoms. The minimum atomic E-state index is -1.22. The number of halogens is 1.